The molecular weight excluding hydrogens is 343 g/mol. The molecule has 9 heteroatoms. The van der Waals surface area contributed by atoms with Gasteiger partial charge in [0.2, 0.25) is 0 Å². The molecule has 1 aromatic rings. The number of rotatable bonds is 9. The molecule has 1 aromatic carbocycles. The molecule has 7 nitrogen and oxygen atoms in total. The number of unbranched alkanes of at least 4 members (excludes halogenated alkanes) is 1. The topological polar surface area (TPSA) is 121 Å². The highest BCUT2D eigenvalue weighted by Gasteiger charge is 2.38. The van der Waals surface area contributed by atoms with Crippen LogP contribution in [0.25, 0.3) is 0 Å². The molecule has 3 N–H and O–H groups in total. The van der Waals surface area contributed by atoms with Gasteiger partial charge in [0, 0.05) is 0 Å². The van der Waals surface area contributed by atoms with Crippen LogP contribution < -0.4 is 4.74 Å². The molecule has 0 aliphatic carbocycles. The molecule has 0 saturated carbocycles. The Balaban J connectivity index is 2.44. The van der Waals surface area contributed by atoms with E-state index >= 15 is 0 Å². The molecule has 0 heterocycles. The predicted octanol–water partition coefficient (Wildman–Crippen LogP) is 2.57. The Morgan fingerprint density at radius 2 is 1.91 bits per heavy atom. The first-order valence-electron chi connectivity index (χ1n) is 6.95. The van der Waals surface area contributed by atoms with E-state index in [0.29, 0.717) is 13.0 Å². The maximum absolute atomic E-state index is 11.1. The highest BCUT2D eigenvalue weighted by molar-refractivity contribution is 7.93. The number of allylic oxidation sites excluding steroid dienone is 1. The zero-order chi connectivity index (χ0) is 17.5. The molecule has 0 fully saturated rings. The monoisotopic (exact) mass is 364 g/mol. The van der Waals surface area contributed by atoms with Crippen LogP contribution in [0.3, 0.4) is 0 Å². The average molecular weight is 364 g/mol. The van der Waals surface area contributed by atoms with Crippen LogP contribution in [0.15, 0.2) is 42.0 Å². The summed E-state index contributed by atoms with van der Waals surface area (Å²) in [5.74, 6) is 0.730. The molecule has 0 saturated heterocycles. The van der Waals surface area contributed by atoms with Gasteiger partial charge < -0.3 is 14.5 Å². The summed E-state index contributed by atoms with van der Waals surface area (Å²) in [5, 5.41) is 0. The second-order valence-electron chi connectivity index (χ2n) is 5.14. The first-order valence-corrected chi connectivity index (χ1v) is 10.1. The Bertz CT molecular complexity index is 664. The lowest BCUT2D eigenvalue weighted by atomic mass is 10.2. The molecule has 1 unspecified atom stereocenters. The Morgan fingerprint density at radius 1 is 1.30 bits per heavy atom. The smallest absolute Gasteiger partial charge is 0.346 e. The van der Waals surface area contributed by atoms with Crippen molar-refractivity contribution in [3.8, 4) is 5.75 Å². The van der Waals surface area contributed by atoms with Crippen LogP contribution in [-0.2, 0) is 14.7 Å². The summed E-state index contributed by atoms with van der Waals surface area (Å²) in [6, 6.07) is 9.23. The van der Waals surface area contributed by atoms with E-state index in [2.05, 4.69) is 0 Å². The minimum absolute atomic E-state index is 0.220. The molecule has 0 aliphatic heterocycles. The van der Waals surface area contributed by atoms with E-state index in [1.54, 1.807) is 0 Å². The summed E-state index contributed by atoms with van der Waals surface area (Å²) in [5.41, 5.74) is 0.911. The SMILES string of the molecule is CC(=CCCCC(P(=O)(O)O)S(=O)(=O)O)COc1ccccc1. The summed E-state index contributed by atoms with van der Waals surface area (Å²) < 4.78 is 47.5. The number of hydrogen-bond donors (Lipinski definition) is 3. The Morgan fingerprint density at radius 3 is 2.43 bits per heavy atom. The van der Waals surface area contributed by atoms with Gasteiger partial charge in [-0.05, 0) is 43.9 Å². The van der Waals surface area contributed by atoms with Gasteiger partial charge in [0.15, 0.2) is 4.99 Å². The van der Waals surface area contributed by atoms with Gasteiger partial charge in [0.05, 0.1) is 0 Å². The summed E-state index contributed by atoms with van der Waals surface area (Å²) in [6.45, 7) is 2.20. The van der Waals surface area contributed by atoms with Gasteiger partial charge in [0.1, 0.15) is 12.4 Å². The average Bonchev–Trinajstić information content (AvgIpc) is 2.43. The summed E-state index contributed by atoms with van der Waals surface area (Å²) in [7, 11) is -9.68. The van der Waals surface area contributed by atoms with Gasteiger partial charge in [-0.1, -0.05) is 24.3 Å². The van der Waals surface area contributed by atoms with Crippen LogP contribution in [0.5, 0.6) is 5.75 Å². The first kappa shape index (κ1) is 19.9. The fourth-order valence-electron chi connectivity index (χ4n) is 1.90. The molecule has 0 bridgehead atoms. The fourth-order valence-corrected chi connectivity index (χ4v) is 4.28. The molecule has 0 radical (unpaired) electrons. The molecule has 0 aliphatic rings. The van der Waals surface area contributed by atoms with Crippen LogP contribution in [0.1, 0.15) is 26.2 Å². The lowest BCUT2D eigenvalue weighted by Gasteiger charge is -2.14. The maximum atomic E-state index is 11.1. The second kappa shape index (κ2) is 8.61. The van der Waals surface area contributed by atoms with Gasteiger partial charge in [0.25, 0.3) is 10.1 Å². The number of hydrogen-bond acceptors (Lipinski definition) is 4. The van der Waals surface area contributed by atoms with Gasteiger partial charge in [-0.3, -0.25) is 9.12 Å². The Kier molecular flexibility index (Phi) is 7.44. The molecule has 130 valence electrons. The van der Waals surface area contributed by atoms with Crippen molar-refractivity contribution in [2.45, 2.75) is 31.2 Å². The number of ether oxygens (including phenoxy) is 1. The van der Waals surface area contributed by atoms with Crippen molar-refractivity contribution in [3.05, 3.63) is 42.0 Å². The van der Waals surface area contributed by atoms with Crippen molar-refractivity contribution in [1.82, 2.24) is 0 Å². The quantitative estimate of drug-likeness (QED) is 0.266. The number of benzene rings is 1. The molecule has 0 aromatic heterocycles. The highest BCUT2D eigenvalue weighted by atomic mass is 32.2. The maximum Gasteiger partial charge on any atom is 0.346 e. The standard InChI is InChI=1S/C14H21O7PS/c1-12(11-21-13-8-3-2-4-9-13)7-5-6-10-14(22(15,16)17)23(18,19)20/h2-4,7-9,14H,5-6,10-11H2,1H3,(H2,15,16,17)(H,18,19,20). The van der Waals surface area contributed by atoms with Crippen LogP contribution in [0.2, 0.25) is 0 Å². The van der Waals surface area contributed by atoms with E-state index in [4.69, 9.17) is 19.1 Å². The minimum Gasteiger partial charge on any atom is -0.489 e. The van der Waals surface area contributed by atoms with Crippen LogP contribution in [-0.4, -0.2) is 34.4 Å². The third-order valence-corrected chi connectivity index (χ3v) is 6.63. The lowest BCUT2D eigenvalue weighted by molar-refractivity contribution is 0.351. The van der Waals surface area contributed by atoms with E-state index in [1.165, 1.54) is 0 Å². The summed E-state index contributed by atoms with van der Waals surface area (Å²) in [6.07, 6.45) is 2.14. The minimum atomic E-state index is -4.90. The molecule has 0 spiro atoms. The fraction of sp³-hybridized carbons (Fsp3) is 0.429. The third kappa shape index (κ3) is 7.76. The van der Waals surface area contributed by atoms with Crippen molar-refractivity contribution in [2.75, 3.05) is 6.61 Å². The highest BCUT2D eigenvalue weighted by Crippen LogP contribution is 2.46. The van der Waals surface area contributed by atoms with Crippen LogP contribution in [0.4, 0.5) is 0 Å². The summed E-state index contributed by atoms with van der Waals surface area (Å²) in [4.78, 5) is 15.9. The Hall–Kier alpha value is -1.18. The molecule has 23 heavy (non-hydrogen) atoms. The third-order valence-electron chi connectivity index (χ3n) is 3.08. The van der Waals surface area contributed by atoms with E-state index in [9.17, 15) is 13.0 Å². The van der Waals surface area contributed by atoms with Gasteiger partial charge in [-0.2, -0.15) is 8.42 Å². The normalized spacial score (nSPS) is 14.5. The molecule has 0 amide bonds. The van der Waals surface area contributed by atoms with E-state index in [1.807, 2.05) is 43.3 Å². The van der Waals surface area contributed by atoms with Gasteiger partial charge in [-0.15, -0.1) is 0 Å². The van der Waals surface area contributed by atoms with Crippen molar-refractivity contribution in [1.29, 1.82) is 0 Å². The van der Waals surface area contributed by atoms with E-state index < -0.39 is 22.7 Å². The van der Waals surface area contributed by atoms with Gasteiger partial charge >= 0.3 is 7.60 Å². The Labute approximate surface area is 135 Å². The first-order chi connectivity index (χ1) is 10.6. The predicted molar refractivity (Wildman–Crippen MR) is 86.9 cm³/mol. The molecule has 1 rings (SSSR count). The van der Waals surface area contributed by atoms with Crippen molar-refractivity contribution >= 4 is 17.7 Å². The van der Waals surface area contributed by atoms with E-state index in [0.717, 1.165) is 11.3 Å². The lowest BCUT2D eigenvalue weighted by Crippen LogP contribution is -2.20. The molecule has 1 atom stereocenters. The number of para-hydroxylation sites is 1. The van der Waals surface area contributed by atoms with Crippen molar-refractivity contribution in [2.24, 2.45) is 0 Å². The zero-order valence-corrected chi connectivity index (χ0v) is 14.4. The van der Waals surface area contributed by atoms with Crippen molar-refractivity contribution in [3.63, 3.8) is 0 Å². The van der Waals surface area contributed by atoms with Crippen molar-refractivity contribution < 1.29 is 32.1 Å². The van der Waals surface area contributed by atoms with Crippen LogP contribution in [0, 0.1) is 0 Å². The largest absolute Gasteiger partial charge is 0.489 e. The molecular formula is C14H21O7PS. The van der Waals surface area contributed by atoms with Crippen LogP contribution >= 0.6 is 7.60 Å². The van der Waals surface area contributed by atoms with E-state index in [-0.39, 0.29) is 12.8 Å². The summed E-state index contributed by atoms with van der Waals surface area (Å²) >= 11 is 0. The van der Waals surface area contributed by atoms with Gasteiger partial charge in [-0.25, -0.2) is 0 Å². The second-order valence-corrected chi connectivity index (χ2v) is 8.89. The zero-order valence-electron chi connectivity index (χ0n) is 12.7.